The molecule has 0 aliphatic carbocycles. The molecular formula is C18H27FN2O3. The fourth-order valence-electron chi connectivity index (χ4n) is 2.61. The van der Waals surface area contributed by atoms with Gasteiger partial charge in [0.25, 0.3) is 0 Å². The number of halogens is 1. The van der Waals surface area contributed by atoms with Gasteiger partial charge in [-0.15, -0.1) is 0 Å². The molecule has 2 N–H and O–H groups in total. The maximum absolute atomic E-state index is 13.6. The number of aliphatic hydroxyl groups is 1. The van der Waals surface area contributed by atoms with Crippen molar-refractivity contribution in [2.24, 2.45) is 5.92 Å². The van der Waals surface area contributed by atoms with Crippen molar-refractivity contribution in [2.75, 3.05) is 32.8 Å². The highest BCUT2D eigenvalue weighted by Crippen LogP contribution is 2.23. The minimum atomic E-state index is -0.993. The van der Waals surface area contributed by atoms with E-state index in [1.807, 2.05) is 18.7 Å². The lowest BCUT2D eigenvalue weighted by molar-refractivity contribution is -0.130. The van der Waals surface area contributed by atoms with Crippen molar-refractivity contribution in [1.29, 1.82) is 0 Å². The molecule has 1 heterocycles. The van der Waals surface area contributed by atoms with Crippen molar-refractivity contribution in [3.63, 3.8) is 0 Å². The number of rotatable bonds is 6. The minimum absolute atomic E-state index is 0.00815. The lowest BCUT2D eigenvalue weighted by atomic mass is 9.92. The third-order valence-electron chi connectivity index (χ3n) is 4.69. The van der Waals surface area contributed by atoms with Gasteiger partial charge >= 0.3 is 0 Å². The topological polar surface area (TPSA) is 61.8 Å². The Bertz CT molecular complexity index is 557. The van der Waals surface area contributed by atoms with Gasteiger partial charge in [-0.2, -0.15) is 0 Å². The van der Waals surface area contributed by atoms with Gasteiger partial charge in [0.05, 0.1) is 18.8 Å². The number of nitrogens with zero attached hydrogens (tertiary/aromatic N) is 1. The van der Waals surface area contributed by atoms with Crippen molar-refractivity contribution in [2.45, 2.75) is 32.4 Å². The molecule has 1 fully saturated rings. The molecule has 1 aromatic carbocycles. The molecule has 2 atom stereocenters. The van der Waals surface area contributed by atoms with Gasteiger partial charge in [-0.25, -0.2) is 4.39 Å². The van der Waals surface area contributed by atoms with Crippen LogP contribution in [0.3, 0.4) is 0 Å². The summed E-state index contributed by atoms with van der Waals surface area (Å²) in [5.41, 5.74) is -0.383. The molecule has 0 radical (unpaired) electrons. The fourth-order valence-corrected chi connectivity index (χ4v) is 2.61. The molecule has 0 aromatic heterocycles. The molecule has 1 aliphatic rings. The maximum Gasteiger partial charge on any atom is 0.242 e. The lowest BCUT2D eigenvalue weighted by Gasteiger charge is -2.35. The maximum atomic E-state index is 13.6. The van der Waals surface area contributed by atoms with Crippen molar-refractivity contribution in [1.82, 2.24) is 10.2 Å². The Hall–Kier alpha value is -1.50. The summed E-state index contributed by atoms with van der Waals surface area (Å²) in [7, 11) is 0. The van der Waals surface area contributed by atoms with Crippen LogP contribution in [-0.2, 0) is 9.53 Å². The molecule has 0 bridgehead atoms. The SMILES string of the molecule is CC(C)C(C)(O)CNC(=O)C(c1cccc(F)c1)N1CCOCC1. The Morgan fingerprint density at radius 3 is 2.67 bits per heavy atom. The molecule has 2 rings (SSSR count). The number of carbonyl (C=O) groups excluding carboxylic acids is 1. The number of nitrogens with one attached hydrogen (secondary N) is 1. The van der Waals surface area contributed by atoms with Gasteiger partial charge in [0.1, 0.15) is 11.9 Å². The van der Waals surface area contributed by atoms with Crippen LogP contribution in [0, 0.1) is 11.7 Å². The summed E-state index contributed by atoms with van der Waals surface area (Å²) in [6.45, 7) is 7.95. The molecule has 0 saturated carbocycles. The average molecular weight is 338 g/mol. The zero-order chi connectivity index (χ0) is 17.7. The third kappa shape index (κ3) is 4.75. The summed E-state index contributed by atoms with van der Waals surface area (Å²) in [6.07, 6.45) is 0. The number of ether oxygens (including phenoxy) is 1. The van der Waals surface area contributed by atoms with E-state index in [0.29, 0.717) is 31.9 Å². The second-order valence-corrected chi connectivity index (χ2v) is 6.84. The number of benzene rings is 1. The number of carbonyl (C=O) groups is 1. The molecule has 0 spiro atoms. The second kappa shape index (κ2) is 8.05. The Balaban J connectivity index is 2.17. The zero-order valence-electron chi connectivity index (χ0n) is 14.6. The van der Waals surface area contributed by atoms with Crippen LogP contribution in [0.4, 0.5) is 4.39 Å². The van der Waals surface area contributed by atoms with E-state index < -0.39 is 11.6 Å². The summed E-state index contributed by atoms with van der Waals surface area (Å²) >= 11 is 0. The fraction of sp³-hybridized carbons (Fsp3) is 0.611. The number of morpholine rings is 1. The first-order valence-corrected chi connectivity index (χ1v) is 8.38. The number of amides is 1. The van der Waals surface area contributed by atoms with Gasteiger partial charge in [0.2, 0.25) is 5.91 Å². The van der Waals surface area contributed by atoms with Crippen LogP contribution in [0.15, 0.2) is 24.3 Å². The van der Waals surface area contributed by atoms with Crippen molar-refractivity contribution >= 4 is 5.91 Å². The molecule has 1 aliphatic heterocycles. The second-order valence-electron chi connectivity index (χ2n) is 6.84. The van der Waals surface area contributed by atoms with Crippen LogP contribution in [0.2, 0.25) is 0 Å². The van der Waals surface area contributed by atoms with Crippen LogP contribution in [0.25, 0.3) is 0 Å². The lowest BCUT2D eigenvalue weighted by Crippen LogP contribution is -2.50. The van der Waals surface area contributed by atoms with Gasteiger partial charge in [-0.3, -0.25) is 9.69 Å². The molecule has 2 unspecified atom stereocenters. The van der Waals surface area contributed by atoms with Gasteiger partial charge in [-0.05, 0) is 30.5 Å². The summed E-state index contributed by atoms with van der Waals surface area (Å²) in [5, 5.41) is 13.2. The van der Waals surface area contributed by atoms with E-state index in [4.69, 9.17) is 4.74 Å². The van der Waals surface area contributed by atoms with Crippen molar-refractivity contribution < 1.29 is 19.0 Å². The summed E-state index contributed by atoms with van der Waals surface area (Å²) in [6, 6.07) is 5.52. The first kappa shape index (κ1) is 18.8. The minimum Gasteiger partial charge on any atom is -0.388 e. The van der Waals surface area contributed by atoms with Crippen LogP contribution in [0.5, 0.6) is 0 Å². The van der Waals surface area contributed by atoms with E-state index in [1.54, 1.807) is 19.1 Å². The van der Waals surface area contributed by atoms with E-state index in [0.717, 1.165) is 0 Å². The molecule has 24 heavy (non-hydrogen) atoms. The highest BCUT2D eigenvalue weighted by atomic mass is 19.1. The predicted octanol–water partition coefficient (Wildman–Crippen LogP) is 1.72. The van der Waals surface area contributed by atoms with Gasteiger partial charge in [-0.1, -0.05) is 26.0 Å². The molecule has 1 saturated heterocycles. The monoisotopic (exact) mass is 338 g/mol. The molecule has 6 heteroatoms. The van der Waals surface area contributed by atoms with Gasteiger partial charge < -0.3 is 15.2 Å². The Labute approximate surface area is 142 Å². The smallest absolute Gasteiger partial charge is 0.242 e. The quantitative estimate of drug-likeness (QED) is 0.829. The Kier molecular flexibility index (Phi) is 6.32. The molecular weight excluding hydrogens is 311 g/mol. The van der Waals surface area contributed by atoms with E-state index in [-0.39, 0.29) is 24.2 Å². The van der Waals surface area contributed by atoms with Crippen molar-refractivity contribution in [3.05, 3.63) is 35.6 Å². The number of hydrogen-bond acceptors (Lipinski definition) is 4. The third-order valence-corrected chi connectivity index (χ3v) is 4.69. The first-order chi connectivity index (χ1) is 11.3. The van der Waals surface area contributed by atoms with Crippen molar-refractivity contribution in [3.8, 4) is 0 Å². The highest BCUT2D eigenvalue weighted by molar-refractivity contribution is 5.83. The summed E-state index contributed by atoms with van der Waals surface area (Å²) < 4.78 is 19.0. The molecule has 5 nitrogen and oxygen atoms in total. The summed E-state index contributed by atoms with van der Waals surface area (Å²) in [5.74, 6) is -0.593. The van der Waals surface area contributed by atoms with E-state index in [9.17, 15) is 14.3 Å². The van der Waals surface area contributed by atoms with Crippen LogP contribution < -0.4 is 5.32 Å². The predicted molar refractivity (Wildman–Crippen MR) is 90.0 cm³/mol. The van der Waals surface area contributed by atoms with E-state index >= 15 is 0 Å². The summed E-state index contributed by atoms with van der Waals surface area (Å²) in [4.78, 5) is 14.8. The molecule has 134 valence electrons. The van der Waals surface area contributed by atoms with E-state index in [1.165, 1.54) is 12.1 Å². The first-order valence-electron chi connectivity index (χ1n) is 8.38. The average Bonchev–Trinajstić information content (AvgIpc) is 2.54. The van der Waals surface area contributed by atoms with Crippen LogP contribution in [0.1, 0.15) is 32.4 Å². The highest BCUT2D eigenvalue weighted by Gasteiger charge is 2.32. The Morgan fingerprint density at radius 2 is 2.08 bits per heavy atom. The number of hydrogen-bond donors (Lipinski definition) is 2. The Morgan fingerprint density at radius 1 is 1.42 bits per heavy atom. The van der Waals surface area contributed by atoms with E-state index in [2.05, 4.69) is 5.32 Å². The zero-order valence-corrected chi connectivity index (χ0v) is 14.6. The van der Waals surface area contributed by atoms with Gasteiger partial charge in [0, 0.05) is 19.6 Å². The molecule has 1 aromatic rings. The molecule has 1 amide bonds. The van der Waals surface area contributed by atoms with Gasteiger partial charge in [0.15, 0.2) is 0 Å². The van der Waals surface area contributed by atoms with Crippen LogP contribution >= 0.6 is 0 Å². The normalized spacial score (nSPS) is 19.8. The largest absolute Gasteiger partial charge is 0.388 e. The standard InChI is InChI=1S/C18H27FN2O3/c1-13(2)18(3,23)12-20-17(22)16(21-7-9-24-10-8-21)14-5-4-6-15(19)11-14/h4-6,11,13,16,23H,7-10,12H2,1-3H3,(H,20,22). The van der Waals surface area contributed by atoms with Crippen LogP contribution in [-0.4, -0.2) is 54.4 Å².